The highest BCUT2D eigenvalue weighted by atomic mass is 16.4. The molecule has 1 unspecified atom stereocenters. The van der Waals surface area contributed by atoms with Gasteiger partial charge in [-0.05, 0) is 17.8 Å². The average Bonchev–Trinajstić information content (AvgIpc) is 2.17. The van der Waals surface area contributed by atoms with Gasteiger partial charge in [0.05, 0.1) is 6.04 Å². The van der Waals surface area contributed by atoms with Crippen LogP contribution in [0.3, 0.4) is 0 Å². The number of nitrogens with zero attached hydrogens (tertiary/aromatic N) is 1. The Labute approximate surface area is 92.9 Å². The van der Waals surface area contributed by atoms with Gasteiger partial charge in [-0.3, -0.25) is 0 Å². The van der Waals surface area contributed by atoms with Crippen molar-refractivity contribution in [1.82, 2.24) is 5.32 Å². The van der Waals surface area contributed by atoms with Crippen molar-refractivity contribution >= 4 is 5.84 Å². The summed E-state index contributed by atoms with van der Waals surface area (Å²) in [6, 6.07) is -0.0342. The second kappa shape index (κ2) is 5.95. The van der Waals surface area contributed by atoms with Crippen LogP contribution >= 0.6 is 0 Å². The number of amidine groups is 1. The maximum Gasteiger partial charge on any atom is 0.156 e. The molecule has 4 heteroatoms. The van der Waals surface area contributed by atoms with E-state index in [2.05, 4.69) is 38.2 Å². The minimum absolute atomic E-state index is 0.0342. The molecule has 90 valence electrons. The Morgan fingerprint density at radius 1 is 1.47 bits per heavy atom. The Balaban J connectivity index is 4.24. The first-order valence-electron chi connectivity index (χ1n) is 5.56. The van der Waals surface area contributed by atoms with Crippen molar-refractivity contribution in [2.45, 2.75) is 47.1 Å². The van der Waals surface area contributed by atoms with E-state index in [-0.39, 0.29) is 17.3 Å². The average molecular weight is 215 g/mol. The minimum atomic E-state index is -0.0342. The van der Waals surface area contributed by atoms with Crippen LogP contribution < -0.4 is 11.1 Å². The molecule has 0 fully saturated rings. The second-order valence-corrected chi connectivity index (χ2v) is 5.01. The van der Waals surface area contributed by atoms with E-state index in [1.165, 1.54) is 0 Å². The number of nitrogens with two attached hydrogens (primary N) is 1. The van der Waals surface area contributed by atoms with Crippen LogP contribution in [0.25, 0.3) is 0 Å². The molecule has 0 heterocycles. The first-order chi connectivity index (χ1) is 6.85. The normalized spacial score (nSPS) is 15.7. The topological polar surface area (TPSA) is 70.6 Å². The number of oxime groups is 1. The first kappa shape index (κ1) is 14.2. The molecule has 0 rings (SSSR count). The molecule has 0 aliphatic carbocycles. The summed E-state index contributed by atoms with van der Waals surface area (Å²) in [5.41, 5.74) is 5.78. The van der Waals surface area contributed by atoms with Gasteiger partial charge in [-0.25, -0.2) is 0 Å². The maximum atomic E-state index is 8.60. The first-order valence-corrected chi connectivity index (χ1v) is 5.56. The van der Waals surface area contributed by atoms with E-state index in [0.717, 1.165) is 13.0 Å². The Morgan fingerprint density at radius 3 is 2.33 bits per heavy atom. The molecule has 0 aliphatic heterocycles. The van der Waals surface area contributed by atoms with Gasteiger partial charge >= 0.3 is 0 Å². The van der Waals surface area contributed by atoms with E-state index in [4.69, 9.17) is 10.9 Å². The van der Waals surface area contributed by atoms with Crippen molar-refractivity contribution in [3.8, 4) is 0 Å². The summed E-state index contributed by atoms with van der Waals surface area (Å²) in [6.45, 7) is 11.7. The van der Waals surface area contributed by atoms with Gasteiger partial charge in [0.2, 0.25) is 0 Å². The Bertz CT molecular complexity index is 212. The summed E-state index contributed by atoms with van der Waals surface area (Å²) in [7, 11) is 0. The van der Waals surface area contributed by atoms with Gasteiger partial charge in [0.1, 0.15) is 0 Å². The molecule has 0 aromatic heterocycles. The zero-order chi connectivity index (χ0) is 12.1. The third kappa shape index (κ3) is 4.51. The van der Waals surface area contributed by atoms with Crippen molar-refractivity contribution in [2.24, 2.45) is 22.2 Å². The fraction of sp³-hybridized carbons (Fsp3) is 0.909. The molecule has 0 aliphatic rings. The lowest BCUT2D eigenvalue weighted by Crippen LogP contribution is -2.45. The molecule has 0 radical (unpaired) electrons. The highest BCUT2D eigenvalue weighted by molar-refractivity contribution is 5.85. The van der Waals surface area contributed by atoms with Crippen LogP contribution in [0, 0.1) is 11.3 Å². The number of rotatable bonds is 6. The van der Waals surface area contributed by atoms with Gasteiger partial charge in [-0.1, -0.05) is 39.8 Å². The Kier molecular flexibility index (Phi) is 5.65. The summed E-state index contributed by atoms with van der Waals surface area (Å²) in [5.74, 6) is 0.854. The lowest BCUT2D eigenvalue weighted by Gasteiger charge is -2.31. The Morgan fingerprint density at radius 2 is 2.00 bits per heavy atom. The highest BCUT2D eigenvalue weighted by Gasteiger charge is 2.23. The van der Waals surface area contributed by atoms with Gasteiger partial charge in [-0.15, -0.1) is 0 Å². The van der Waals surface area contributed by atoms with Gasteiger partial charge in [0, 0.05) is 6.54 Å². The second-order valence-electron chi connectivity index (χ2n) is 5.01. The molecule has 4 nitrogen and oxygen atoms in total. The smallest absolute Gasteiger partial charge is 0.156 e. The summed E-state index contributed by atoms with van der Waals surface area (Å²) < 4.78 is 0. The maximum absolute atomic E-state index is 8.60. The predicted octanol–water partition coefficient (Wildman–Crippen LogP) is 1.78. The largest absolute Gasteiger partial charge is 0.409 e. The SMILES string of the molecule is CCC(NCC(C)(C)C(C)C)C(N)=NO. The molecule has 4 N–H and O–H groups in total. The summed E-state index contributed by atoms with van der Waals surface area (Å²) >= 11 is 0. The molecule has 1 atom stereocenters. The molecule has 0 bridgehead atoms. The quantitative estimate of drug-likeness (QED) is 0.274. The summed E-state index contributed by atoms with van der Waals surface area (Å²) in [4.78, 5) is 0. The van der Waals surface area contributed by atoms with Gasteiger partial charge in [-0.2, -0.15) is 0 Å². The third-order valence-electron chi connectivity index (χ3n) is 3.25. The minimum Gasteiger partial charge on any atom is -0.409 e. The molecule has 15 heavy (non-hydrogen) atoms. The van der Waals surface area contributed by atoms with Crippen molar-refractivity contribution in [3.05, 3.63) is 0 Å². The van der Waals surface area contributed by atoms with Crippen LogP contribution in [0.15, 0.2) is 5.16 Å². The van der Waals surface area contributed by atoms with Crippen LogP contribution in [0.1, 0.15) is 41.0 Å². The molecule has 0 saturated heterocycles. The van der Waals surface area contributed by atoms with Gasteiger partial charge < -0.3 is 16.3 Å². The molecule has 0 amide bonds. The highest BCUT2D eigenvalue weighted by Crippen LogP contribution is 2.24. The molecule has 0 aromatic carbocycles. The van der Waals surface area contributed by atoms with Crippen molar-refractivity contribution in [2.75, 3.05) is 6.54 Å². The van der Waals surface area contributed by atoms with E-state index in [1.54, 1.807) is 0 Å². The van der Waals surface area contributed by atoms with Gasteiger partial charge in [0.15, 0.2) is 5.84 Å². The lowest BCUT2D eigenvalue weighted by molar-refractivity contribution is 0.233. The fourth-order valence-electron chi connectivity index (χ4n) is 1.12. The van der Waals surface area contributed by atoms with Crippen LogP contribution in [0.4, 0.5) is 0 Å². The standard InChI is InChI=1S/C11H25N3O/c1-6-9(10(12)14-15)13-7-11(4,5)8(2)3/h8-9,13,15H,6-7H2,1-5H3,(H2,12,14). The van der Waals surface area contributed by atoms with E-state index in [0.29, 0.717) is 5.92 Å². The molecular formula is C11H25N3O. The van der Waals surface area contributed by atoms with Gasteiger partial charge in [0.25, 0.3) is 0 Å². The van der Waals surface area contributed by atoms with Crippen molar-refractivity contribution in [3.63, 3.8) is 0 Å². The monoisotopic (exact) mass is 215 g/mol. The van der Waals surface area contributed by atoms with Crippen molar-refractivity contribution in [1.29, 1.82) is 0 Å². The molecule has 0 spiro atoms. The molecular weight excluding hydrogens is 190 g/mol. The zero-order valence-corrected chi connectivity index (χ0v) is 10.5. The zero-order valence-electron chi connectivity index (χ0n) is 10.5. The Hall–Kier alpha value is -0.770. The summed E-state index contributed by atoms with van der Waals surface area (Å²) in [6.07, 6.45) is 0.823. The van der Waals surface area contributed by atoms with Crippen LogP contribution in [-0.4, -0.2) is 23.6 Å². The van der Waals surface area contributed by atoms with Crippen molar-refractivity contribution < 1.29 is 5.21 Å². The van der Waals surface area contributed by atoms with E-state index >= 15 is 0 Å². The molecule has 0 aromatic rings. The van der Waals surface area contributed by atoms with Crippen LogP contribution in [-0.2, 0) is 0 Å². The molecule has 0 saturated carbocycles. The van der Waals surface area contributed by atoms with Crippen LogP contribution in [0.2, 0.25) is 0 Å². The van der Waals surface area contributed by atoms with E-state index in [1.807, 2.05) is 6.92 Å². The van der Waals surface area contributed by atoms with E-state index in [9.17, 15) is 0 Å². The predicted molar refractivity (Wildman–Crippen MR) is 64.1 cm³/mol. The lowest BCUT2D eigenvalue weighted by atomic mass is 9.81. The van der Waals surface area contributed by atoms with Crippen LogP contribution in [0.5, 0.6) is 0 Å². The number of nitrogens with one attached hydrogen (secondary N) is 1. The number of hydrogen-bond acceptors (Lipinski definition) is 3. The fourth-order valence-corrected chi connectivity index (χ4v) is 1.12. The summed E-state index contributed by atoms with van der Waals surface area (Å²) in [5, 5.41) is 15.0. The third-order valence-corrected chi connectivity index (χ3v) is 3.25. The van der Waals surface area contributed by atoms with E-state index < -0.39 is 0 Å². The number of hydrogen-bond donors (Lipinski definition) is 3.